The highest BCUT2D eigenvalue weighted by Crippen LogP contribution is 2.08. The SMILES string of the molecule is O=COc1cc(C(=O)O)c[n+]([O-])c1. The van der Waals surface area contributed by atoms with E-state index in [4.69, 9.17) is 5.11 Å². The van der Waals surface area contributed by atoms with Crippen molar-refractivity contribution in [3.63, 3.8) is 0 Å². The zero-order chi connectivity index (χ0) is 9.84. The minimum atomic E-state index is -1.26. The standard InChI is InChI=1S/C7H5NO5/c9-4-13-6-1-5(7(10)11)2-8(12)3-6/h1-4H,(H,10,11). The maximum absolute atomic E-state index is 10.7. The minimum absolute atomic E-state index is 0.107. The van der Waals surface area contributed by atoms with Gasteiger partial charge in [0.05, 0.1) is 0 Å². The van der Waals surface area contributed by atoms with Crippen molar-refractivity contribution in [2.24, 2.45) is 0 Å². The van der Waals surface area contributed by atoms with Gasteiger partial charge in [-0.1, -0.05) is 0 Å². The summed E-state index contributed by atoms with van der Waals surface area (Å²) in [6.45, 7) is 0.112. The van der Waals surface area contributed by atoms with E-state index in [1.165, 1.54) is 0 Å². The van der Waals surface area contributed by atoms with E-state index in [2.05, 4.69) is 4.74 Å². The van der Waals surface area contributed by atoms with E-state index in [-0.39, 0.29) is 22.5 Å². The molecular weight excluding hydrogens is 178 g/mol. The van der Waals surface area contributed by atoms with Gasteiger partial charge >= 0.3 is 5.97 Å². The van der Waals surface area contributed by atoms with Crippen LogP contribution < -0.4 is 9.47 Å². The summed E-state index contributed by atoms with van der Waals surface area (Å²) in [7, 11) is 0. The summed E-state index contributed by atoms with van der Waals surface area (Å²) in [6.07, 6.45) is 1.81. The molecule has 0 saturated carbocycles. The van der Waals surface area contributed by atoms with Crippen molar-refractivity contribution in [2.75, 3.05) is 0 Å². The summed E-state index contributed by atoms with van der Waals surface area (Å²) in [6, 6.07) is 1.07. The van der Waals surface area contributed by atoms with Crippen LogP contribution in [0.15, 0.2) is 18.5 Å². The molecule has 1 aromatic heterocycles. The van der Waals surface area contributed by atoms with Crippen LogP contribution >= 0.6 is 0 Å². The van der Waals surface area contributed by atoms with Gasteiger partial charge < -0.3 is 15.1 Å². The van der Waals surface area contributed by atoms with Crippen molar-refractivity contribution in [3.8, 4) is 5.75 Å². The van der Waals surface area contributed by atoms with Crippen LogP contribution in [0.4, 0.5) is 0 Å². The van der Waals surface area contributed by atoms with Crippen molar-refractivity contribution < 1.29 is 24.2 Å². The fraction of sp³-hybridized carbons (Fsp3) is 0. The van der Waals surface area contributed by atoms with Crippen LogP contribution in [0.25, 0.3) is 0 Å². The number of carboxylic acids is 1. The summed E-state index contributed by atoms with van der Waals surface area (Å²) in [5.74, 6) is -1.37. The monoisotopic (exact) mass is 183 g/mol. The molecular formula is C7H5NO5. The summed E-state index contributed by atoms with van der Waals surface area (Å²) in [4.78, 5) is 20.3. The lowest BCUT2D eigenvalue weighted by atomic mass is 10.3. The normalized spacial score (nSPS) is 9.23. The van der Waals surface area contributed by atoms with Crippen LogP contribution in [0.2, 0.25) is 0 Å². The average Bonchev–Trinajstić information content (AvgIpc) is 2.03. The van der Waals surface area contributed by atoms with Gasteiger partial charge in [0.15, 0.2) is 11.9 Å². The Kier molecular flexibility index (Phi) is 2.44. The van der Waals surface area contributed by atoms with Crippen molar-refractivity contribution in [2.45, 2.75) is 0 Å². The average molecular weight is 183 g/mol. The van der Waals surface area contributed by atoms with Gasteiger partial charge in [0.2, 0.25) is 6.20 Å². The molecule has 13 heavy (non-hydrogen) atoms. The van der Waals surface area contributed by atoms with Gasteiger partial charge in [-0.2, -0.15) is 4.73 Å². The predicted octanol–water partition coefficient (Wildman–Crippen LogP) is -0.447. The number of rotatable bonds is 3. The largest absolute Gasteiger partial charge is 0.619 e. The number of carbonyl (C=O) groups is 2. The van der Waals surface area contributed by atoms with Gasteiger partial charge in [0, 0.05) is 6.07 Å². The van der Waals surface area contributed by atoms with Crippen LogP contribution in [-0.2, 0) is 4.79 Å². The molecule has 0 spiro atoms. The molecule has 0 aromatic carbocycles. The first-order valence-electron chi connectivity index (χ1n) is 3.21. The third-order valence-electron chi connectivity index (χ3n) is 1.25. The molecule has 0 aliphatic rings. The van der Waals surface area contributed by atoms with Gasteiger partial charge in [-0.3, -0.25) is 4.79 Å². The molecule has 6 heteroatoms. The molecule has 0 radical (unpaired) electrons. The number of nitrogens with zero attached hydrogens (tertiary/aromatic N) is 1. The van der Waals surface area contributed by atoms with E-state index in [1.807, 2.05) is 0 Å². The first-order valence-corrected chi connectivity index (χ1v) is 3.21. The second-order valence-electron chi connectivity index (χ2n) is 2.14. The van der Waals surface area contributed by atoms with Crippen LogP contribution in [0, 0.1) is 5.21 Å². The Balaban J connectivity index is 3.10. The second kappa shape index (κ2) is 3.53. The molecule has 0 aliphatic carbocycles. The highest BCUT2D eigenvalue weighted by atomic mass is 16.5. The van der Waals surface area contributed by atoms with Crippen molar-refractivity contribution >= 4 is 12.4 Å². The maximum Gasteiger partial charge on any atom is 0.341 e. The third-order valence-corrected chi connectivity index (χ3v) is 1.25. The maximum atomic E-state index is 10.7. The van der Waals surface area contributed by atoms with Crippen LogP contribution in [0.1, 0.15) is 10.4 Å². The third kappa shape index (κ3) is 2.16. The van der Waals surface area contributed by atoms with Gasteiger partial charge in [0.1, 0.15) is 5.56 Å². The van der Waals surface area contributed by atoms with Crippen molar-refractivity contribution in [1.29, 1.82) is 0 Å². The molecule has 0 saturated heterocycles. The second-order valence-corrected chi connectivity index (χ2v) is 2.14. The Labute approximate surface area is 72.6 Å². The summed E-state index contributed by atoms with van der Waals surface area (Å²) in [5.41, 5.74) is -0.241. The molecule has 0 bridgehead atoms. The molecule has 0 atom stereocenters. The highest BCUT2D eigenvalue weighted by Gasteiger charge is 2.10. The highest BCUT2D eigenvalue weighted by molar-refractivity contribution is 5.87. The topological polar surface area (TPSA) is 90.5 Å². The number of hydrogen-bond donors (Lipinski definition) is 1. The van der Waals surface area contributed by atoms with E-state index >= 15 is 0 Å². The van der Waals surface area contributed by atoms with Gasteiger partial charge in [-0.05, 0) is 0 Å². The summed E-state index contributed by atoms with van der Waals surface area (Å²) < 4.78 is 4.57. The molecule has 0 fully saturated rings. The number of pyridine rings is 1. The number of ether oxygens (including phenoxy) is 1. The fourth-order valence-corrected chi connectivity index (χ4v) is 0.765. The lowest BCUT2D eigenvalue weighted by Crippen LogP contribution is -2.26. The Bertz CT molecular complexity index is 349. The number of carbonyl (C=O) groups excluding carboxylic acids is 1. The molecule has 1 aromatic rings. The van der Waals surface area contributed by atoms with Crippen LogP contribution in [0.5, 0.6) is 5.75 Å². The molecule has 1 heterocycles. The van der Waals surface area contributed by atoms with Crippen LogP contribution in [0.3, 0.4) is 0 Å². The molecule has 0 aliphatic heterocycles. The van der Waals surface area contributed by atoms with E-state index < -0.39 is 5.97 Å². The Morgan fingerprint density at radius 2 is 2.31 bits per heavy atom. The van der Waals surface area contributed by atoms with Gasteiger partial charge in [-0.25, -0.2) is 4.79 Å². The predicted molar refractivity (Wildman–Crippen MR) is 39.1 cm³/mol. The molecule has 68 valence electrons. The first kappa shape index (κ1) is 8.98. The van der Waals surface area contributed by atoms with E-state index in [0.29, 0.717) is 0 Å². The lowest BCUT2D eigenvalue weighted by Gasteiger charge is -2.00. The van der Waals surface area contributed by atoms with Crippen molar-refractivity contribution in [3.05, 3.63) is 29.2 Å². The van der Waals surface area contributed by atoms with Crippen molar-refractivity contribution in [1.82, 2.24) is 0 Å². The van der Waals surface area contributed by atoms with Gasteiger partial charge in [-0.15, -0.1) is 0 Å². The Morgan fingerprint density at radius 1 is 1.62 bits per heavy atom. The summed E-state index contributed by atoms with van der Waals surface area (Å²) >= 11 is 0. The lowest BCUT2D eigenvalue weighted by molar-refractivity contribution is -0.605. The fourth-order valence-electron chi connectivity index (χ4n) is 0.765. The first-order chi connectivity index (χ1) is 6.13. The molecule has 1 N–H and O–H groups in total. The minimum Gasteiger partial charge on any atom is -0.619 e. The Hall–Kier alpha value is -2.11. The molecule has 1 rings (SSSR count). The number of carboxylic acid groups (broad SMARTS) is 1. The van der Waals surface area contributed by atoms with E-state index in [0.717, 1.165) is 18.5 Å². The van der Waals surface area contributed by atoms with E-state index in [9.17, 15) is 14.8 Å². The zero-order valence-corrected chi connectivity index (χ0v) is 6.34. The smallest absolute Gasteiger partial charge is 0.341 e. The van der Waals surface area contributed by atoms with E-state index in [1.54, 1.807) is 0 Å². The number of hydrogen-bond acceptors (Lipinski definition) is 4. The Morgan fingerprint density at radius 3 is 2.85 bits per heavy atom. The van der Waals surface area contributed by atoms with Gasteiger partial charge in [0.25, 0.3) is 6.47 Å². The quantitative estimate of drug-likeness (QED) is 0.389. The summed E-state index contributed by atoms with van der Waals surface area (Å²) in [5, 5.41) is 19.3. The van der Waals surface area contributed by atoms with Crippen LogP contribution in [-0.4, -0.2) is 17.5 Å². The molecule has 0 amide bonds. The number of aromatic nitrogens is 1. The zero-order valence-electron chi connectivity index (χ0n) is 6.34. The molecule has 6 nitrogen and oxygen atoms in total. The molecule has 0 unspecified atom stereocenters. The number of aromatic carboxylic acids is 1.